The van der Waals surface area contributed by atoms with Gasteiger partial charge in [0, 0.05) is 44.3 Å². The summed E-state index contributed by atoms with van der Waals surface area (Å²) < 4.78 is 35.8. The van der Waals surface area contributed by atoms with E-state index >= 15 is 0 Å². The van der Waals surface area contributed by atoms with Crippen LogP contribution in [-0.4, -0.2) is 47.6 Å². The quantitative estimate of drug-likeness (QED) is 0.387. The number of sulfonamides is 1. The highest BCUT2D eigenvalue weighted by Crippen LogP contribution is 2.33. The third-order valence-corrected chi connectivity index (χ3v) is 8.26. The molecule has 1 aliphatic rings. The first kappa shape index (κ1) is 27.5. The van der Waals surface area contributed by atoms with Crippen molar-refractivity contribution in [2.75, 3.05) is 48.4 Å². The summed E-state index contributed by atoms with van der Waals surface area (Å²) in [6, 6.07) is 22.1. The zero-order valence-electron chi connectivity index (χ0n) is 22.2. The van der Waals surface area contributed by atoms with E-state index in [9.17, 15) is 13.2 Å². The summed E-state index contributed by atoms with van der Waals surface area (Å²) in [6.45, 7) is 6.45. The van der Waals surface area contributed by atoms with Crippen LogP contribution in [0.1, 0.15) is 38.3 Å². The summed E-state index contributed by atoms with van der Waals surface area (Å²) in [7, 11) is -2.25. The van der Waals surface area contributed by atoms with Gasteiger partial charge < -0.3 is 19.9 Å². The van der Waals surface area contributed by atoms with Crippen LogP contribution in [0.5, 0.6) is 5.75 Å². The largest absolute Gasteiger partial charge is 0.495 e. The molecule has 1 aliphatic heterocycles. The first-order valence-electron chi connectivity index (χ1n) is 13.0. The Morgan fingerprint density at radius 3 is 2.21 bits per heavy atom. The Labute approximate surface area is 225 Å². The van der Waals surface area contributed by atoms with Gasteiger partial charge in [0.15, 0.2) is 0 Å². The zero-order valence-corrected chi connectivity index (χ0v) is 23.0. The Balaban J connectivity index is 1.61. The second-order valence-corrected chi connectivity index (χ2v) is 11.1. The van der Waals surface area contributed by atoms with Crippen molar-refractivity contribution in [3.63, 3.8) is 0 Å². The van der Waals surface area contributed by atoms with Gasteiger partial charge in [-0.15, -0.1) is 0 Å². The van der Waals surface area contributed by atoms with E-state index in [2.05, 4.69) is 19.8 Å². The Hall–Kier alpha value is -3.56. The highest BCUT2D eigenvalue weighted by Gasteiger charge is 2.28. The van der Waals surface area contributed by atoms with Gasteiger partial charge >= 0.3 is 0 Å². The van der Waals surface area contributed by atoms with Gasteiger partial charge in [-0.2, -0.15) is 0 Å². The minimum absolute atomic E-state index is 0.139. The highest BCUT2D eigenvalue weighted by molar-refractivity contribution is 7.89. The van der Waals surface area contributed by atoms with Crippen molar-refractivity contribution >= 4 is 33.0 Å². The number of carbonyl (C=O) groups excluding carboxylic acids is 1. The molecular weight excluding hydrogens is 500 g/mol. The average Bonchev–Trinajstić information content (AvgIpc) is 2.93. The summed E-state index contributed by atoms with van der Waals surface area (Å²) in [6.07, 6.45) is 1.08. The van der Waals surface area contributed by atoms with Gasteiger partial charge in [0.2, 0.25) is 15.9 Å². The molecule has 4 rings (SSSR count). The Morgan fingerprint density at radius 2 is 1.55 bits per heavy atom. The Bertz CT molecular complexity index is 1340. The molecule has 1 fully saturated rings. The number of methoxy groups -OCH3 is 1. The third-order valence-electron chi connectivity index (χ3n) is 6.69. The standard InChI is InChI=1S/C29H36N4O4S/c1-4-10-29(34)30-24-15-16-26(28(21-24)38(35,36)31-22(2)23-11-6-5-7-12-23)33-19-17-32(18-20-33)25-13-8-9-14-27(25)37-3/h5-9,11-16,21-22,31H,4,10,17-20H2,1-3H3,(H,30,34)/t22-/m1/s1. The number of para-hydroxylation sites is 2. The lowest BCUT2D eigenvalue weighted by molar-refractivity contribution is -0.116. The highest BCUT2D eigenvalue weighted by atomic mass is 32.2. The van der Waals surface area contributed by atoms with E-state index in [-0.39, 0.29) is 10.8 Å². The molecule has 202 valence electrons. The number of rotatable bonds is 10. The lowest BCUT2D eigenvalue weighted by atomic mass is 10.1. The molecule has 8 nitrogen and oxygen atoms in total. The Morgan fingerprint density at radius 1 is 0.921 bits per heavy atom. The summed E-state index contributed by atoms with van der Waals surface area (Å²) >= 11 is 0. The lowest BCUT2D eigenvalue weighted by Gasteiger charge is -2.38. The van der Waals surface area contributed by atoms with Crippen LogP contribution in [0.2, 0.25) is 0 Å². The fourth-order valence-electron chi connectivity index (χ4n) is 4.70. The molecule has 1 amide bonds. The van der Waals surface area contributed by atoms with Crippen LogP contribution in [-0.2, 0) is 14.8 Å². The van der Waals surface area contributed by atoms with Gasteiger partial charge in [-0.25, -0.2) is 13.1 Å². The summed E-state index contributed by atoms with van der Waals surface area (Å²) in [4.78, 5) is 16.7. The molecule has 0 spiro atoms. The molecule has 9 heteroatoms. The molecule has 2 N–H and O–H groups in total. The minimum atomic E-state index is -3.91. The molecule has 0 unspecified atom stereocenters. The van der Waals surface area contributed by atoms with Crippen LogP contribution in [0.25, 0.3) is 0 Å². The fourth-order valence-corrected chi connectivity index (χ4v) is 6.19. The van der Waals surface area contributed by atoms with Crippen LogP contribution < -0.4 is 24.6 Å². The molecule has 0 radical (unpaired) electrons. The summed E-state index contributed by atoms with van der Waals surface area (Å²) in [5.41, 5.74) is 2.98. The maximum absolute atomic E-state index is 13.7. The van der Waals surface area contributed by atoms with Crippen LogP contribution in [0.15, 0.2) is 77.7 Å². The fraction of sp³-hybridized carbons (Fsp3) is 0.345. The number of nitrogens with one attached hydrogen (secondary N) is 2. The smallest absolute Gasteiger partial charge is 0.243 e. The van der Waals surface area contributed by atoms with Crippen LogP contribution in [0.3, 0.4) is 0 Å². The van der Waals surface area contributed by atoms with E-state index in [1.807, 2.05) is 68.4 Å². The lowest BCUT2D eigenvalue weighted by Crippen LogP contribution is -2.47. The number of hydrogen-bond donors (Lipinski definition) is 2. The van der Waals surface area contributed by atoms with Crippen molar-refractivity contribution in [2.45, 2.75) is 37.6 Å². The minimum Gasteiger partial charge on any atom is -0.495 e. The molecule has 3 aromatic rings. The molecule has 1 saturated heterocycles. The number of anilines is 3. The maximum Gasteiger partial charge on any atom is 0.243 e. The van der Waals surface area contributed by atoms with Crippen molar-refractivity contribution in [3.8, 4) is 5.75 Å². The van der Waals surface area contributed by atoms with Crippen molar-refractivity contribution in [3.05, 3.63) is 78.4 Å². The molecule has 0 aliphatic carbocycles. The SMILES string of the molecule is CCCC(=O)Nc1ccc(N2CCN(c3ccccc3OC)CC2)c(S(=O)(=O)N[C@H](C)c2ccccc2)c1. The normalized spacial score (nSPS) is 14.7. The summed E-state index contributed by atoms with van der Waals surface area (Å²) in [5.74, 6) is 0.676. The number of benzene rings is 3. The van der Waals surface area contributed by atoms with Gasteiger partial charge in [-0.3, -0.25) is 4.79 Å². The number of amides is 1. The van der Waals surface area contributed by atoms with Crippen molar-refractivity contribution in [1.29, 1.82) is 0 Å². The molecule has 0 aromatic heterocycles. The molecular formula is C29H36N4O4S. The van der Waals surface area contributed by atoms with Gasteiger partial charge in [0.1, 0.15) is 10.6 Å². The van der Waals surface area contributed by atoms with Crippen LogP contribution in [0.4, 0.5) is 17.1 Å². The summed E-state index contributed by atoms with van der Waals surface area (Å²) in [5, 5.41) is 2.84. The van der Waals surface area contributed by atoms with Crippen LogP contribution >= 0.6 is 0 Å². The van der Waals surface area contributed by atoms with Crippen molar-refractivity contribution in [2.24, 2.45) is 0 Å². The van der Waals surface area contributed by atoms with E-state index in [1.165, 1.54) is 0 Å². The molecule has 38 heavy (non-hydrogen) atoms. The van der Waals surface area contributed by atoms with Crippen LogP contribution in [0, 0.1) is 0 Å². The van der Waals surface area contributed by atoms with Gasteiger partial charge in [-0.1, -0.05) is 49.4 Å². The molecule has 0 saturated carbocycles. The monoisotopic (exact) mass is 536 g/mol. The van der Waals surface area contributed by atoms with E-state index in [0.29, 0.717) is 50.4 Å². The topological polar surface area (TPSA) is 91.0 Å². The van der Waals surface area contributed by atoms with Gasteiger partial charge in [0.05, 0.1) is 18.5 Å². The number of nitrogens with zero attached hydrogens (tertiary/aromatic N) is 2. The van der Waals surface area contributed by atoms with Crippen molar-refractivity contribution in [1.82, 2.24) is 4.72 Å². The van der Waals surface area contributed by atoms with Gasteiger partial charge in [-0.05, 0) is 49.2 Å². The Kier molecular flexibility index (Phi) is 8.91. The van der Waals surface area contributed by atoms with Crippen molar-refractivity contribution < 1.29 is 17.9 Å². The molecule has 1 atom stereocenters. The zero-order chi connectivity index (χ0) is 27.1. The third kappa shape index (κ3) is 6.46. The first-order chi connectivity index (χ1) is 18.3. The van der Waals surface area contributed by atoms with E-state index in [4.69, 9.17) is 4.74 Å². The number of piperazine rings is 1. The van der Waals surface area contributed by atoms with E-state index < -0.39 is 16.1 Å². The predicted molar refractivity (Wildman–Crippen MR) is 153 cm³/mol. The molecule has 0 bridgehead atoms. The molecule has 1 heterocycles. The predicted octanol–water partition coefficient (Wildman–Crippen LogP) is 4.80. The second-order valence-electron chi connectivity index (χ2n) is 9.38. The van der Waals surface area contributed by atoms with E-state index in [1.54, 1.807) is 25.3 Å². The average molecular weight is 537 g/mol. The maximum atomic E-state index is 13.7. The second kappa shape index (κ2) is 12.3. The number of carbonyl (C=O) groups is 1. The molecule has 3 aromatic carbocycles. The first-order valence-corrected chi connectivity index (χ1v) is 14.4. The van der Waals surface area contributed by atoms with E-state index in [0.717, 1.165) is 17.0 Å². The number of ether oxygens (including phenoxy) is 1. The van der Waals surface area contributed by atoms with Gasteiger partial charge in [0.25, 0.3) is 0 Å². The number of hydrogen-bond acceptors (Lipinski definition) is 6.